The summed E-state index contributed by atoms with van der Waals surface area (Å²) in [6.45, 7) is 1.99. The molecule has 1 saturated heterocycles. The van der Waals surface area contributed by atoms with E-state index in [4.69, 9.17) is 4.42 Å². The van der Waals surface area contributed by atoms with Gasteiger partial charge in [-0.05, 0) is 38.3 Å². The summed E-state index contributed by atoms with van der Waals surface area (Å²) in [6, 6.07) is 7.76. The number of nitrogens with zero attached hydrogens (tertiary/aromatic N) is 3. The van der Waals surface area contributed by atoms with Crippen LogP contribution in [-0.2, 0) is 14.6 Å². The molecule has 1 atom stereocenters. The molecular weight excluding hydrogens is 386 g/mol. The summed E-state index contributed by atoms with van der Waals surface area (Å²) < 4.78 is 29.2. The van der Waals surface area contributed by atoms with Crippen LogP contribution in [-0.4, -0.2) is 58.8 Å². The Labute approximate surface area is 162 Å². The van der Waals surface area contributed by atoms with Gasteiger partial charge in [0.25, 0.3) is 5.22 Å². The van der Waals surface area contributed by atoms with Gasteiger partial charge in [-0.25, -0.2) is 8.42 Å². The van der Waals surface area contributed by atoms with Crippen LogP contribution in [0.1, 0.15) is 24.8 Å². The maximum absolute atomic E-state index is 12.7. The second kappa shape index (κ2) is 7.27. The van der Waals surface area contributed by atoms with E-state index in [1.807, 2.05) is 31.2 Å². The topological polar surface area (TPSA) is 93.4 Å². The Morgan fingerprint density at radius 3 is 2.74 bits per heavy atom. The minimum atomic E-state index is -3.02. The zero-order valence-electron chi connectivity index (χ0n) is 15.0. The molecule has 1 saturated carbocycles. The Hall–Kier alpha value is -1.87. The first-order valence-corrected chi connectivity index (χ1v) is 11.8. The van der Waals surface area contributed by atoms with Gasteiger partial charge in [0.2, 0.25) is 11.8 Å². The number of aromatic nitrogens is 2. The van der Waals surface area contributed by atoms with E-state index in [0.29, 0.717) is 17.5 Å². The highest BCUT2D eigenvalue weighted by Gasteiger charge is 2.42. The Morgan fingerprint density at radius 1 is 1.26 bits per heavy atom. The van der Waals surface area contributed by atoms with E-state index in [1.165, 1.54) is 11.8 Å². The predicted molar refractivity (Wildman–Crippen MR) is 102 cm³/mol. The lowest BCUT2D eigenvalue weighted by atomic mass is 10.1. The molecule has 0 spiro atoms. The molecule has 144 valence electrons. The lowest BCUT2D eigenvalue weighted by Gasteiger charge is -2.28. The molecule has 7 nitrogen and oxygen atoms in total. The third kappa shape index (κ3) is 4.35. The Morgan fingerprint density at radius 2 is 2.07 bits per heavy atom. The molecular formula is C18H21N3O4S2. The Bertz CT molecular complexity index is 953. The molecule has 1 aromatic heterocycles. The van der Waals surface area contributed by atoms with Crippen LogP contribution in [0.25, 0.3) is 11.5 Å². The predicted octanol–water partition coefficient (Wildman–Crippen LogP) is 2.32. The van der Waals surface area contributed by atoms with Gasteiger partial charge in [-0.1, -0.05) is 29.5 Å². The maximum Gasteiger partial charge on any atom is 0.277 e. The van der Waals surface area contributed by atoms with Crippen LogP contribution >= 0.6 is 11.8 Å². The van der Waals surface area contributed by atoms with Gasteiger partial charge < -0.3 is 9.32 Å². The molecule has 0 N–H and O–H groups in total. The van der Waals surface area contributed by atoms with Crippen molar-refractivity contribution < 1.29 is 17.6 Å². The molecule has 1 unspecified atom stereocenters. The monoisotopic (exact) mass is 407 g/mol. The lowest BCUT2D eigenvalue weighted by molar-refractivity contribution is -0.130. The zero-order valence-corrected chi connectivity index (χ0v) is 16.6. The maximum atomic E-state index is 12.7. The van der Waals surface area contributed by atoms with Crippen LogP contribution in [0, 0.1) is 6.92 Å². The molecule has 27 heavy (non-hydrogen) atoms. The summed E-state index contributed by atoms with van der Waals surface area (Å²) in [5, 5.41) is 8.41. The molecule has 9 heteroatoms. The highest BCUT2D eigenvalue weighted by Crippen LogP contribution is 2.33. The fourth-order valence-electron chi connectivity index (χ4n) is 3.41. The van der Waals surface area contributed by atoms with Crippen molar-refractivity contribution in [3.63, 3.8) is 0 Å². The van der Waals surface area contributed by atoms with Gasteiger partial charge >= 0.3 is 0 Å². The first kappa shape index (κ1) is 18.5. The average molecular weight is 408 g/mol. The van der Waals surface area contributed by atoms with Gasteiger partial charge in [0, 0.05) is 17.6 Å². The molecule has 1 aliphatic carbocycles. The number of sulfone groups is 1. The number of hydrogen-bond acceptors (Lipinski definition) is 7. The van der Waals surface area contributed by atoms with Crippen molar-refractivity contribution in [2.45, 2.75) is 43.5 Å². The molecule has 2 aliphatic rings. The molecule has 2 fully saturated rings. The Balaban J connectivity index is 1.40. The molecule has 4 rings (SSSR count). The fraction of sp³-hybridized carbons (Fsp3) is 0.500. The number of aryl methyl sites for hydroxylation is 1. The number of amides is 1. The van der Waals surface area contributed by atoms with E-state index in [-0.39, 0.29) is 35.2 Å². The van der Waals surface area contributed by atoms with Crippen LogP contribution in [0.3, 0.4) is 0 Å². The van der Waals surface area contributed by atoms with Crippen molar-refractivity contribution in [3.8, 4) is 11.5 Å². The smallest absolute Gasteiger partial charge is 0.277 e. The number of hydrogen-bond donors (Lipinski definition) is 0. The summed E-state index contributed by atoms with van der Waals surface area (Å²) in [7, 11) is -3.02. The van der Waals surface area contributed by atoms with Crippen molar-refractivity contribution in [2.24, 2.45) is 0 Å². The number of benzene rings is 1. The molecule has 1 aliphatic heterocycles. The van der Waals surface area contributed by atoms with Gasteiger partial charge in [-0.2, -0.15) is 0 Å². The van der Waals surface area contributed by atoms with Gasteiger partial charge in [0.15, 0.2) is 9.84 Å². The van der Waals surface area contributed by atoms with E-state index in [0.717, 1.165) is 24.0 Å². The van der Waals surface area contributed by atoms with Crippen LogP contribution in [0.2, 0.25) is 0 Å². The van der Waals surface area contributed by atoms with Crippen molar-refractivity contribution in [1.82, 2.24) is 15.1 Å². The van der Waals surface area contributed by atoms with E-state index in [1.54, 1.807) is 4.90 Å². The second-order valence-corrected chi connectivity index (χ2v) is 10.3. The second-order valence-electron chi connectivity index (χ2n) is 7.12. The summed E-state index contributed by atoms with van der Waals surface area (Å²) in [5.41, 5.74) is 1.94. The molecule has 1 amide bonds. The Kier molecular flexibility index (Phi) is 4.98. The number of thioether (sulfide) groups is 1. The van der Waals surface area contributed by atoms with E-state index < -0.39 is 9.84 Å². The first-order valence-electron chi connectivity index (χ1n) is 8.96. The highest BCUT2D eigenvalue weighted by atomic mass is 32.2. The van der Waals surface area contributed by atoms with Crippen LogP contribution in [0.5, 0.6) is 0 Å². The molecule has 1 aromatic carbocycles. The molecule has 2 heterocycles. The van der Waals surface area contributed by atoms with Gasteiger partial charge in [-0.15, -0.1) is 10.2 Å². The fourth-order valence-corrected chi connectivity index (χ4v) is 5.76. The number of rotatable bonds is 6. The standard InChI is InChI=1S/C18H21N3O4S2/c1-12-3-2-4-13(9-12)17-19-20-18(25-17)26-10-16(22)21(14-5-6-14)15-7-8-27(23,24)11-15/h2-4,9,14-15H,5-8,10-11H2,1H3. The third-order valence-electron chi connectivity index (χ3n) is 4.82. The van der Waals surface area contributed by atoms with Crippen molar-refractivity contribution in [2.75, 3.05) is 17.3 Å². The largest absolute Gasteiger partial charge is 0.411 e. The van der Waals surface area contributed by atoms with Crippen LogP contribution < -0.4 is 0 Å². The first-order chi connectivity index (χ1) is 12.9. The molecule has 0 radical (unpaired) electrons. The molecule has 2 aromatic rings. The van der Waals surface area contributed by atoms with Gasteiger partial charge in [-0.3, -0.25) is 4.79 Å². The summed E-state index contributed by atoms with van der Waals surface area (Å²) in [4.78, 5) is 14.5. The summed E-state index contributed by atoms with van der Waals surface area (Å²) in [6.07, 6.45) is 2.43. The summed E-state index contributed by atoms with van der Waals surface area (Å²) in [5.74, 6) is 0.792. The van der Waals surface area contributed by atoms with E-state index in [9.17, 15) is 13.2 Å². The zero-order chi connectivity index (χ0) is 19.0. The highest BCUT2D eigenvalue weighted by molar-refractivity contribution is 7.99. The SMILES string of the molecule is Cc1cccc(-c2nnc(SCC(=O)N(C3CC3)C3CCS(=O)(=O)C3)o2)c1. The molecule has 0 bridgehead atoms. The minimum Gasteiger partial charge on any atom is -0.411 e. The van der Waals surface area contributed by atoms with Crippen LogP contribution in [0.15, 0.2) is 33.9 Å². The number of carbonyl (C=O) groups is 1. The normalized spacial score (nSPS) is 21.3. The summed E-state index contributed by atoms with van der Waals surface area (Å²) >= 11 is 1.20. The van der Waals surface area contributed by atoms with E-state index >= 15 is 0 Å². The lowest BCUT2D eigenvalue weighted by Crippen LogP contribution is -2.43. The van der Waals surface area contributed by atoms with Gasteiger partial charge in [0.1, 0.15) is 0 Å². The number of carbonyl (C=O) groups excluding carboxylic acids is 1. The van der Waals surface area contributed by atoms with Crippen molar-refractivity contribution in [3.05, 3.63) is 29.8 Å². The van der Waals surface area contributed by atoms with Crippen molar-refractivity contribution >= 4 is 27.5 Å². The van der Waals surface area contributed by atoms with Gasteiger partial charge in [0.05, 0.1) is 17.3 Å². The van der Waals surface area contributed by atoms with Crippen LogP contribution in [0.4, 0.5) is 0 Å². The minimum absolute atomic E-state index is 0.0556. The average Bonchev–Trinajstić information content (AvgIpc) is 3.21. The quantitative estimate of drug-likeness (QED) is 0.678. The van der Waals surface area contributed by atoms with E-state index in [2.05, 4.69) is 10.2 Å². The van der Waals surface area contributed by atoms with Crippen molar-refractivity contribution in [1.29, 1.82) is 0 Å². The third-order valence-corrected chi connectivity index (χ3v) is 7.37.